The summed E-state index contributed by atoms with van der Waals surface area (Å²) in [4.78, 5) is 4.39. The SMILES string of the molecule is CCCCCCCCCCN1C=C(C(O)c2ccco2)N(C)C1. The van der Waals surface area contributed by atoms with Crippen molar-refractivity contribution in [1.82, 2.24) is 9.80 Å². The highest BCUT2D eigenvalue weighted by Gasteiger charge is 2.25. The summed E-state index contributed by atoms with van der Waals surface area (Å²) < 4.78 is 5.31. The minimum atomic E-state index is -0.668. The number of likely N-dealkylation sites (N-methyl/N-ethyl adjacent to an activating group) is 1. The van der Waals surface area contributed by atoms with E-state index in [0.717, 1.165) is 18.9 Å². The van der Waals surface area contributed by atoms with Crippen LogP contribution in [0.1, 0.15) is 70.2 Å². The molecule has 0 aromatic carbocycles. The summed E-state index contributed by atoms with van der Waals surface area (Å²) >= 11 is 0. The number of aliphatic hydroxyl groups is 1. The number of furan rings is 1. The Labute approximate surface area is 140 Å². The fraction of sp³-hybridized carbons (Fsp3) is 0.684. The molecule has 0 saturated carbocycles. The smallest absolute Gasteiger partial charge is 0.153 e. The highest BCUT2D eigenvalue weighted by molar-refractivity contribution is 5.19. The number of nitrogens with zero attached hydrogens (tertiary/aromatic N) is 2. The van der Waals surface area contributed by atoms with E-state index in [-0.39, 0.29) is 0 Å². The van der Waals surface area contributed by atoms with E-state index in [2.05, 4.69) is 22.9 Å². The molecule has 0 spiro atoms. The van der Waals surface area contributed by atoms with Crippen molar-refractivity contribution in [2.45, 2.75) is 64.4 Å². The Balaban J connectivity index is 1.65. The van der Waals surface area contributed by atoms with Crippen LogP contribution in [0.5, 0.6) is 0 Å². The van der Waals surface area contributed by atoms with Crippen LogP contribution >= 0.6 is 0 Å². The van der Waals surface area contributed by atoms with Crippen molar-refractivity contribution in [3.05, 3.63) is 36.1 Å². The van der Waals surface area contributed by atoms with Crippen molar-refractivity contribution >= 4 is 0 Å². The summed E-state index contributed by atoms with van der Waals surface area (Å²) in [5.41, 5.74) is 0.916. The number of hydrogen-bond donors (Lipinski definition) is 1. The molecule has 1 N–H and O–H groups in total. The molecule has 2 rings (SSSR count). The molecule has 0 bridgehead atoms. The molecule has 1 aliphatic rings. The van der Waals surface area contributed by atoms with Gasteiger partial charge in [0.2, 0.25) is 0 Å². The van der Waals surface area contributed by atoms with Crippen molar-refractivity contribution in [1.29, 1.82) is 0 Å². The molecule has 4 heteroatoms. The van der Waals surface area contributed by atoms with Gasteiger partial charge in [-0.1, -0.05) is 51.9 Å². The minimum absolute atomic E-state index is 0.608. The third kappa shape index (κ3) is 5.61. The van der Waals surface area contributed by atoms with E-state index in [4.69, 9.17) is 4.42 Å². The van der Waals surface area contributed by atoms with Crippen LogP contribution in [0.3, 0.4) is 0 Å². The van der Waals surface area contributed by atoms with Gasteiger partial charge in [-0.3, -0.25) is 0 Å². The Hall–Kier alpha value is -1.42. The molecule has 0 radical (unpaired) electrons. The third-order valence-corrected chi connectivity index (χ3v) is 4.54. The zero-order valence-corrected chi connectivity index (χ0v) is 14.7. The average Bonchev–Trinajstić information content (AvgIpc) is 3.19. The first-order valence-electron chi connectivity index (χ1n) is 9.10. The summed E-state index contributed by atoms with van der Waals surface area (Å²) in [5.74, 6) is 0.608. The van der Waals surface area contributed by atoms with Crippen LogP contribution in [0.2, 0.25) is 0 Å². The summed E-state index contributed by atoms with van der Waals surface area (Å²) in [6, 6.07) is 3.63. The quantitative estimate of drug-likeness (QED) is 0.609. The second-order valence-electron chi connectivity index (χ2n) is 6.60. The van der Waals surface area contributed by atoms with Gasteiger partial charge in [-0.05, 0) is 18.6 Å². The number of rotatable bonds is 11. The predicted molar refractivity (Wildman–Crippen MR) is 93.7 cm³/mol. The first-order valence-corrected chi connectivity index (χ1v) is 9.10. The molecular weight excluding hydrogens is 288 g/mol. The van der Waals surface area contributed by atoms with Crippen LogP contribution in [0.4, 0.5) is 0 Å². The van der Waals surface area contributed by atoms with Gasteiger partial charge in [0.1, 0.15) is 5.76 Å². The lowest BCUT2D eigenvalue weighted by atomic mass is 10.1. The zero-order chi connectivity index (χ0) is 16.5. The summed E-state index contributed by atoms with van der Waals surface area (Å²) in [5, 5.41) is 10.4. The van der Waals surface area contributed by atoms with Crippen LogP contribution in [-0.4, -0.2) is 35.2 Å². The van der Waals surface area contributed by atoms with E-state index in [0.29, 0.717) is 5.76 Å². The molecular formula is C19H32N2O2. The molecule has 1 aromatic heterocycles. The van der Waals surface area contributed by atoms with Gasteiger partial charge in [-0.15, -0.1) is 0 Å². The number of unbranched alkanes of at least 4 members (excludes halogenated alkanes) is 7. The van der Waals surface area contributed by atoms with Crippen molar-refractivity contribution in [2.24, 2.45) is 0 Å². The van der Waals surface area contributed by atoms with Crippen molar-refractivity contribution in [2.75, 3.05) is 20.3 Å². The van der Waals surface area contributed by atoms with Gasteiger partial charge in [0, 0.05) is 19.8 Å². The van der Waals surface area contributed by atoms with E-state index in [1.54, 1.807) is 6.26 Å². The van der Waals surface area contributed by atoms with Gasteiger partial charge in [-0.2, -0.15) is 0 Å². The van der Waals surface area contributed by atoms with Gasteiger partial charge in [0.25, 0.3) is 0 Å². The second-order valence-corrected chi connectivity index (χ2v) is 6.60. The topological polar surface area (TPSA) is 39.9 Å². The largest absolute Gasteiger partial charge is 0.466 e. The normalized spacial score (nSPS) is 16.0. The number of aliphatic hydroxyl groups excluding tert-OH is 1. The third-order valence-electron chi connectivity index (χ3n) is 4.54. The number of hydrogen-bond acceptors (Lipinski definition) is 4. The molecule has 130 valence electrons. The van der Waals surface area contributed by atoms with Gasteiger partial charge >= 0.3 is 0 Å². The van der Waals surface area contributed by atoms with E-state index in [1.807, 2.05) is 19.2 Å². The van der Waals surface area contributed by atoms with E-state index < -0.39 is 6.10 Å². The monoisotopic (exact) mass is 320 g/mol. The average molecular weight is 320 g/mol. The molecule has 0 aliphatic carbocycles. The lowest BCUT2D eigenvalue weighted by molar-refractivity contribution is 0.151. The highest BCUT2D eigenvalue weighted by atomic mass is 16.4. The lowest BCUT2D eigenvalue weighted by Crippen LogP contribution is -2.25. The van der Waals surface area contributed by atoms with Crippen LogP contribution in [0.25, 0.3) is 0 Å². The summed E-state index contributed by atoms with van der Waals surface area (Å²) in [7, 11) is 2.02. The summed E-state index contributed by atoms with van der Waals surface area (Å²) in [6.45, 7) is 4.18. The van der Waals surface area contributed by atoms with E-state index in [1.165, 1.54) is 51.4 Å². The standard InChI is InChI=1S/C19H32N2O2/c1-3-4-5-6-7-8-9-10-13-21-15-17(20(2)16-21)19(22)18-12-11-14-23-18/h11-12,14-15,19,22H,3-10,13,16H2,1-2H3. The molecule has 0 saturated heterocycles. The van der Waals surface area contributed by atoms with Gasteiger partial charge in [-0.25, -0.2) is 0 Å². The molecule has 1 aliphatic heterocycles. The Bertz CT molecular complexity index is 456. The Morgan fingerprint density at radius 3 is 2.48 bits per heavy atom. The van der Waals surface area contributed by atoms with E-state index >= 15 is 0 Å². The molecule has 0 fully saturated rings. The van der Waals surface area contributed by atoms with Crippen molar-refractivity contribution < 1.29 is 9.52 Å². The molecule has 0 amide bonds. The highest BCUT2D eigenvalue weighted by Crippen LogP contribution is 2.28. The Kier molecular flexibility index (Phi) is 7.53. The maximum atomic E-state index is 10.4. The van der Waals surface area contributed by atoms with Crippen LogP contribution in [0, 0.1) is 0 Å². The van der Waals surface area contributed by atoms with Crippen LogP contribution in [0.15, 0.2) is 34.7 Å². The maximum Gasteiger partial charge on any atom is 0.153 e. The molecule has 1 unspecified atom stereocenters. The predicted octanol–water partition coefficient (Wildman–Crippen LogP) is 4.50. The maximum absolute atomic E-state index is 10.4. The Morgan fingerprint density at radius 2 is 1.83 bits per heavy atom. The van der Waals surface area contributed by atoms with Gasteiger partial charge in [0.05, 0.1) is 18.6 Å². The molecule has 23 heavy (non-hydrogen) atoms. The first kappa shape index (κ1) is 17.9. The summed E-state index contributed by atoms with van der Waals surface area (Å²) in [6.07, 6.45) is 13.7. The molecule has 1 atom stereocenters. The molecule has 2 heterocycles. The fourth-order valence-corrected chi connectivity index (χ4v) is 3.14. The molecule has 1 aromatic rings. The fourth-order valence-electron chi connectivity index (χ4n) is 3.14. The first-order chi connectivity index (χ1) is 11.2. The van der Waals surface area contributed by atoms with Crippen molar-refractivity contribution in [3.63, 3.8) is 0 Å². The van der Waals surface area contributed by atoms with Gasteiger partial charge in [0.15, 0.2) is 6.10 Å². The van der Waals surface area contributed by atoms with Crippen LogP contribution < -0.4 is 0 Å². The van der Waals surface area contributed by atoms with Gasteiger partial charge < -0.3 is 19.3 Å². The van der Waals surface area contributed by atoms with Crippen LogP contribution in [-0.2, 0) is 0 Å². The molecule has 4 nitrogen and oxygen atoms in total. The Morgan fingerprint density at radius 1 is 1.13 bits per heavy atom. The minimum Gasteiger partial charge on any atom is -0.466 e. The van der Waals surface area contributed by atoms with Crippen molar-refractivity contribution in [3.8, 4) is 0 Å². The van der Waals surface area contributed by atoms with E-state index in [9.17, 15) is 5.11 Å². The lowest BCUT2D eigenvalue weighted by Gasteiger charge is -2.20. The zero-order valence-electron chi connectivity index (χ0n) is 14.7. The second kappa shape index (κ2) is 9.66.